The lowest BCUT2D eigenvalue weighted by molar-refractivity contribution is 0.606. The van der Waals surface area contributed by atoms with Crippen molar-refractivity contribution >= 4 is 11.3 Å². The van der Waals surface area contributed by atoms with Crippen molar-refractivity contribution in [1.82, 2.24) is 10.3 Å². The zero-order chi connectivity index (χ0) is 12.3. The largest absolute Gasteiger partial charge is 0.306 e. The van der Waals surface area contributed by atoms with Crippen LogP contribution in [-0.4, -0.2) is 11.5 Å². The van der Waals surface area contributed by atoms with Gasteiger partial charge in [0.15, 0.2) is 0 Å². The summed E-state index contributed by atoms with van der Waals surface area (Å²) in [4.78, 5) is 5.37. The van der Waals surface area contributed by atoms with E-state index in [1.807, 2.05) is 26.1 Å². The quantitative estimate of drug-likeness (QED) is 0.900. The van der Waals surface area contributed by atoms with Gasteiger partial charge in [0, 0.05) is 11.1 Å². The van der Waals surface area contributed by atoms with Crippen LogP contribution in [-0.2, 0) is 0 Å². The van der Waals surface area contributed by atoms with Crippen LogP contribution in [0.15, 0.2) is 30.5 Å². The van der Waals surface area contributed by atoms with E-state index in [4.69, 9.17) is 0 Å². The third-order valence-electron chi connectivity index (χ3n) is 2.51. The van der Waals surface area contributed by atoms with Crippen molar-refractivity contribution in [3.8, 4) is 0 Å². The molecule has 17 heavy (non-hydrogen) atoms. The summed E-state index contributed by atoms with van der Waals surface area (Å²) in [6.07, 6.45) is 1.86. The third-order valence-corrected chi connectivity index (χ3v) is 3.49. The summed E-state index contributed by atoms with van der Waals surface area (Å²) in [5.41, 5.74) is 0.940. The topological polar surface area (TPSA) is 24.9 Å². The molecule has 0 fully saturated rings. The zero-order valence-electron chi connectivity index (χ0n) is 9.90. The monoisotopic (exact) mass is 250 g/mol. The Morgan fingerprint density at radius 2 is 2.29 bits per heavy atom. The van der Waals surface area contributed by atoms with E-state index in [1.54, 1.807) is 23.5 Å². The van der Waals surface area contributed by atoms with Gasteiger partial charge in [0.05, 0.1) is 11.0 Å². The Morgan fingerprint density at radius 1 is 1.47 bits per heavy atom. The first-order valence-electron chi connectivity index (χ1n) is 5.62. The highest BCUT2D eigenvalue weighted by molar-refractivity contribution is 7.11. The highest BCUT2D eigenvalue weighted by Gasteiger charge is 2.15. The molecule has 1 heterocycles. The second kappa shape index (κ2) is 5.38. The van der Waals surface area contributed by atoms with Gasteiger partial charge in [0.25, 0.3) is 0 Å². The van der Waals surface area contributed by atoms with Crippen molar-refractivity contribution in [1.29, 1.82) is 0 Å². The van der Waals surface area contributed by atoms with Crippen LogP contribution in [0.2, 0.25) is 0 Å². The van der Waals surface area contributed by atoms with Crippen LogP contribution >= 0.6 is 11.3 Å². The van der Waals surface area contributed by atoms with Crippen LogP contribution in [0, 0.1) is 12.7 Å². The molecular weight excluding hydrogens is 235 g/mol. The molecular formula is C13H15FN2S. The standard InChI is InChI=1S/C13H15FN2S/c1-3-15-13(12-8-16-9(2)17-12)10-5-4-6-11(14)7-10/h4-8,13,15H,3H2,1-2H3. The van der Waals surface area contributed by atoms with E-state index in [2.05, 4.69) is 10.3 Å². The van der Waals surface area contributed by atoms with Gasteiger partial charge in [-0.25, -0.2) is 9.37 Å². The van der Waals surface area contributed by atoms with Gasteiger partial charge in [-0.2, -0.15) is 0 Å². The number of hydrogen-bond acceptors (Lipinski definition) is 3. The minimum Gasteiger partial charge on any atom is -0.306 e. The van der Waals surface area contributed by atoms with Crippen molar-refractivity contribution < 1.29 is 4.39 Å². The minimum atomic E-state index is -0.202. The Balaban J connectivity index is 2.35. The Labute approximate surface area is 105 Å². The normalized spacial score (nSPS) is 12.6. The van der Waals surface area contributed by atoms with E-state index in [0.29, 0.717) is 0 Å². The van der Waals surface area contributed by atoms with Gasteiger partial charge in [0.1, 0.15) is 5.82 Å². The van der Waals surface area contributed by atoms with Crippen LogP contribution in [0.4, 0.5) is 4.39 Å². The Morgan fingerprint density at radius 3 is 2.88 bits per heavy atom. The van der Waals surface area contributed by atoms with Crippen LogP contribution in [0.1, 0.15) is 28.4 Å². The molecule has 1 aromatic heterocycles. The molecule has 0 saturated carbocycles. The number of benzene rings is 1. The van der Waals surface area contributed by atoms with Gasteiger partial charge in [-0.05, 0) is 31.2 Å². The Bertz CT molecular complexity index is 496. The fourth-order valence-corrected chi connectivity index (χ4v) is 2.67. The fourth-order valence-electron chi connectivity index (χ4n) is 1.78. The number of aromatic nitrogens is 1. The van der Waals surface area contributed by atoms with Crippen molar-refractivity contribution in [3.05, 3.63) is 51.7 Å². The SMILES string of the molecule is CCNC(c1cccc(F)c1)c1cnc(C)s1. The molecule has 0 aliphatic rings. The molecule has 0 bridgehead atoms. The molecule has 1 unspecified atom stereocenters. The summed E-state index contributed by atoms with van der Waals surface area (Å²) in [5.74, 6) is -0.202. The zero-order valence-corrected chi connectivity index (χ0v) is 10.7. The van der Waals surface area contributed by atoms with Crippen molar-refractivity contribution in [2.45, 2.75) is 19.9 Å². The van der Waals surface area contributed by atoms with E-state index in [0.717, 1.165) is 22.0 Å². The predicted octanol–water partition coefficient (Wildman–Crippen LogP) is 3.29. The van der Waals surface area contributed by atoms with Crippen LogP contribution < -0.4 is 5.32 Å². The van der Waals surface area contributed by atoms with E-state index >= 15 is 0 Å². The van der Waals surface area contributed by atoms with Gasteiger partial charge in [-0.1, -0.05) is 19.1 Å². The maximum atomic E-state index is 13.2. The number of aryl methyl sites for hydroxylation is 1. The van der Waals surface area contributed by atoms with E-state index in [-0.39, 0.29) is 11.9 Å². The predicted molar refractivity (Wildman–Crippen MR) is 68.8 cm³/mol. The van der Waals surface area contributed by atoms with Gasteiger partial charge in [0.2, 0.25) is 0 Å². The molecule has 0 saturated heterocycles. The Kier molecular flexibility index (Phi) is 3.86. The highest BCUT2D eigenvalue weighted by atomic mass is 32.1. The summed E-state index contributed by atoms with van der Waals surface area (Å²) in [7, 11) is 0. The van der Waals surface area contributed by atoms with Crippen molar-refractivity contribution in [2.75, 3.05) is 6.54 Å². The molecule has 1 atom stereocenters. The number of nitrogens with one attached hydrogen (secondary N) is 1. The van der Waals surface area contributed by atoms with Crippen LogP contribution in [0.25, 0.3) is 0 Å². The molecule has 0 aliphatic carbocycles. The van der Waals surface area contributed by atoms with Crippen LogP contribution in [0.3, 0.4) is 0 Å². The summed E-state index contributed by atoms with van der Waals surface area (Å²) >= 11 is 1.64. The average molecular weight is 250 g/mol. The second-order valence-electron chi connectivity index (χ2n) is 3.83. The fraction of sp³-hybridized carbons (Fsp3) is 0.308. The maximum Gasteiger partial charge on any atom is 0.123 e. The minimum absolute atomic E-state index is 0.0295. The molecule has 2 aromatic rings. The van der Waals surface area contributed by atoms with Gasteiger partial charge >= 0.3 is 0 Å². The van der Waals surface area contributed by atoms with Gasteiger partial charge in [-0.3, -0.25) is 0 Å². The molecule has 0 amide bonds. The van der Waals surface area contributed by atoms with Gasteiger partial charge in [-0.15, -0.1) is 11.3 Å². The average Bonchev–Trinajstić information content (AvgIpc) is 2.72. The summed E-state index contributed by atoms with van der Waals surface area (Å²) < 4.78 is 13.2. The molecule has 2 nitrogen and oxygen atoms in total. The molecule has 0 aliphatic heterocycles. The molecule has 1 aromatic carbocycles. The molecule has 2 rings (SSSR count). The maximum absolute atomic E-state index is 13.2. The summed E-state index contributed by atoms with van der Waals surface area (Å²) in [6.45, 7) is 4.85. The highest BCUT2D eigenvalue weighted by Crippen LogP contribution is 2.27. The van der Waals surface area contributed by atoms with E-state index in [9.17, 15) is 4.39 Å². The molecule has 4 heteroatoms. The van der Waals surface area contributed by atoms with Crippen molar-refractivity contribution in [3.63, 3.8) is 0 Å². The lowest BCUT2D eigenvalue weighted by Gasteiger charge is -2.16. The smallest absolute Gasteiger partial charge is 0.123 e. The lowest BCUT2D eigenvalue weighted by Crippen LogP contribution is -2.21. The number of nitrogens with zero attached hydrogens (tertiary/aromatic N) is 1. The second-order valence-corrected chi connectivity index (χ2v) is 5.09. The number of hydrogen-bond donors (Lipinski definition) is 1. The Hall–Kier alpha value is -1.26. The summed E-state index contributed by atoms with van der Waals surface area (Å²) in [5, 5.41) is 4.39. The van der Waals surface area contributed by atoms with Crippen LogP contribution in [0.5, 0.6) is 0 Å². The summed E-state index contributed by atoms with van der Waals surface area (Å²) in [6, 6.07) is 6.74. The van der Waals surface area contributed by atoms with Gasteiger partial charge < -0.3 is 5.32 Å². The first-order chi connectivity index (χ1) is 8.20. The van der Waals surface area contributed by atoms with E-state index in [1.165, 1.54) is 6.07 Å². The first-order valence-corrected chi connectivity index (χ1v) is 6.43. The first kappa shape index (κ1) is 12.2. The lowest BCUT2D eigenvalue weighted by atomic mass is 10.1. The van der Waals surface area contributed by atoms with E-state index < -0.39 is 0 Å². The molecule has 1 N–H and O–H groups in total. The number of halogens is 1. The molecule has 0 radical (unpaired) electrons. The number of thiazole rings is 1. The van der Waals surface area contributed by atoms with Crippen molar-refractivity contribution in [2.24, 2.45) is 0 Å². The molecule has 90 valence electrons. The number of rotatable bonds is 4. The third kappa shape index (κ3) is 2.90. The molecule has 0 spiro atoms.